The van der Waals surface area contributed by atoms with E-state index in [0.717, 1.165) is 5.56 Å². The predicted molar refractivity (Wildman–Crippen MR) is 84.5 cm³/mol. The van der Waals surface area contributed by atoms with Gasteiger partial charge < -0.3 is 5.11 Å². The van der Waals surface area contributed by atoms with Gasteiger partial charge in [0.05, 0.1) is 10.6 Å². The van der Waals surface area contributed by atoms with Crippen molar-refractivity contribution in [3.05, 3.63) is 43.2 Å². The molecule has 0 atom stereocenters. The van der Waals surface area contributed by atoms with Crippen LogP contribution in [0.2, 0.25) is 5.02 Å². The van der Waals surface area contributed by atoms with Crippen LogP contribution in [0.4, 0.5) is 0 Å². The van der Waals surface area contributed by atoms with Crippen molar-refractivity contribution in [2.75, 3.05) is 0 Å². The van der Waals surface area contributed by atoms with Crippen LogP contribution in [0, 0.1) is 13.8 Å². The molecule has 4 nitrogen and oxygen atoms in total. The van der Waals surface area contributed by atoms with Gasteiger partial charge in [-0.2, -0.15) is 5.10 Å². The van der Waals surface area contributed by atoms with Gasteiger partial charge in [-0.1, -0.05) is 27.5 Å². The summed E-state index contributed by atoms with van der Waals surface area (Å²) in [6.07, 6.45) is 0. The van der Waals surface area contributed by atoms with E-state index in [1.54, 1.807) is 13.0 Å². The topological polar surface area (TPSA) is 55.1 Å². The summed E-state index contributed by atoms with van der Waals surface area (Å²) in [7, 11) is 1.54. The molecular formula is C13H12BrClN2NaO2. The molecule has 0 bridgehead atoms. The predicted octanol–water partition coefficient (Wildman–Crippen LogP) is 2.80. The van der Waals surface area contributed by atoms with E-state index in [0.29, 0.717) is 20.8 Å². The molecule has 0 fully saturated rings. The third-order valence-electron chi connectivity index (χ3n) is 2.82. The molecule has 2 rings (SSSR count). The Balaban J connectivity index is 0.00000200. The molecule has 1 heterocycles. The van der Waals surface area contributed by atoms with Crippen molar-refractivity contribution in [1.82, 2.24) is 9.78 Å². The van der Waals surface area contributed by atoms with Crippen molar-refractivity contribution in [3.8, 4) is 16.9 Å². The number of hydrogen-bond donors (Lipinski definition) is 1. The van der Waals surface area contributed by atoms with E-state index in [4.69, 9.17) is 11.6 Å². The number of aryl methyl sites for hydroxylation is 3. The van der Waals surface area contributed by atoms with Crippen molar-refractivity contribution >= 4 is 57.1 Å². The fraction of sp³-hybridized carbons (Fsp3) is 0.231. The zero-order chi connectivity index (χ0) is 14.3. The number of benzene rings is 1. The average Bonchev–Trinajstić information content (AvgIpc) is 2.30. The molecule has 1 radical (unpaired) electrons. The summed E-state index contributed by atoms with van der Waals surface area (Å²) in [5.74, 6) is -0.144. The van der Waals surface area contributed by atoms with Crippen LogP contribution < -0.4 is 5.56 Å². The molecule has 0 unspecified atom stereocenters. The first-order valence-corrected chi connectivity index (χ1v) is 6.73. The Labute approximate surface area is 152 Å². The van der Waals surface area contributed by atoms with Crippen molar-refractivity contribution in [2.24, 2.45) is 7.05 Å². The number of halogens is 2. The Morgan fingerprint density at radius 1 is 1.30 bits per heavy atom. The number of nitrogens with zero attached hydrogens (tertiary/aromatic N) is 2. The standard InChI is InChI=1S/C13H12BrClN2O2.Na/c1-6-4-8(14)10(9(15)5-6)11-12(18)7(2)16-17(3)13(11)19;/h4-5,18H,1-3H3;. The van der Waals surface area contributed by atoms with Crippen LogP contribution in [-0.4, -0.2) is 44.4 Å². The van der Waals surface area contributed by atoms with Gasteiger partial charge in [-0.25, -0.2) is 4.68 Å². The first kappa shape index (κ1) is 17.7. The van der Waals surface area contributed by atoms with Gasteiger partial charge in [0, 0.05) is 46.6 Å². The summed E-state index contributed by atoms with van der Waals surface area (Å²) in [5.41, 5.74) is 1.58. The number of rotatable bonds is 1. The summed E-state index contributed by atoms with van der Waals surface area (Å²) in [4.78, 5) is 12.2. The molecule has 1 aromatic heterocycles. The molecule has 0 amide bonds. The molecule has 0 aliphatic carbocycles. The van der Waals surface area contributed by atoms with E-state index in [1.165, 1.54) is 11.7 Å². The Kier molecular flexibility index (Phi) is 5.87. The van der Waals surface area contributed by atoms with Gasteiger partial charge >= 0.3 is 0 Å². The largest absolute Gasteiger partial charge is 0.505 e. The van der Waals surface area contributed by atoms with Gasteiger partial charge in [0.1, 0.15) is 5.69 Å². The van der Waals surface area contributed by atoms with Crippen LogP contribution in [0.5, 0.6) is 5.75 Å². The maximum absolute atomic E-state index is 12.2. The molecule has 1 aromatic carbocycles. The first-order chi connectivity index (χ1) is 8.82. The fourth-order valence-corrected chi connectivity index (χ4v) is 3.18. The van der Waals surface area contributed by atoms with Crippen LogP contribution in [0.3, 0.4) is 0 Å². The second kappa shape index (κ2) is 6.62. The third kappa shape index (κ3) is 3.12. The Morgan fingerprint density at radius 2 is 1.90 bits per heavy atom. The first-order valence-electron chi connectivity index (χ1n) is 5.55. The molecule has 101 valence electrons. The van der Waals surface area contributed by atoms with E-state index in [1.807, 2.05) is 13.0 Å². The van der Waals surface area contributed by atoms with Crippen LogP contribution in [0.25, 0.3) is 11.1 Å². The summed E-state index contributed by atoms with van der Waals surface area (Å²) in [6.45, 7) is 3.53. The Morgan fingerprint density at radius 3 is 2.45 bits per heavy atom. The molecule has 0 spiro atoms. The van der Waals surface area contributed by atoms with E-state index < -0.39 is 5.56 Å². The monoisotopic (exact) mass is 365 g/mol. The zero-order valence-electron chi connectivity index (χ0n) is 11.7. The minimum atomic E-state index is -0.394. The quantitative estimate of drug-likeness (QED) is 0.790. The zero-order valence-corrected chi connectivity index (χ0v) is 16.0. The number of hydrogen-bond acceptors (Lipinski definition) is 3. The van der Waals surface area contributed by atoms with Crippen molar-refractivity contribution < 1.29 is 5.11 Å². The van der Waals surface area contributed by atoms with E-state index in [-0.39, 0.29) is 40.9 Å². The molecule has 7 heteroatoms. The molecule has 1 N–H and O–H groups in total. The maximum atomic E-state index is 12.2. The summed E-state index contributed by atoms with van der Waals surface area (Å²) < 4.78 is 1.85. The molecule has 0 saturated carbocycles. The van der Waals surface area contributed by atoms with Gasteiger partial charge in [0.2, 0.25) is 0 Å². The normalized spacial score (nSPS) is 10.2. The van der Waals surface area contributed by atoms with Crippen molar-refractivity contribution in [2.45, 2.75) is 13.8 Å². The molecular weight excluding hydrogens is 355 g/mol. The minimum Gasteiger partial charge on any atom is -0.505 e. The van der Waals surface area contributed by atoms with Crippen LogP contribution in [-0.2, 0) is 7.05 Å². The summed E-state index contributed by atoms with van der Waals surface area (Å²) in [5, 5.41) is 14.5. The van der Waals surface area contributed by atoms with Crippen LogP contribution in [0.1, 0.15) is 11.3 Å². The van der Waals surface area contributed by atoms with Gasteiger partial charge in [-0.05, 0) is 31.5 Å². The number of aromatic hydroxyl groups is 1. The van der Waals surface area contributed by atoms with E-state index in [9.17, 15) is 9.90 Å². The summed E-state index contributed by atoms with van der Waals surface area (Å²) >= 11 is 9.60. The van der Waals surface area contributed by atoms with Gasteiger partial charge in [-0.3, -0.25) is 4.79 Å². The molecule has 0 aliphatic heterocycles. The molecule has 0 saturated heterocycles. The molecule has 2 aromatic rings. The van der Waals surface area contributed by atoms with Crippen LogP contribution in [0.15, 0.2) is 21.4 Å². The second-order valence-electron chi connectivity index (χ2n) is 4.34. The third-order valence-corrected chi connectivity index (χ3v) is 3.75. The van der Waals surface area contributed by atoms with E-state index >= 15 is 0 Å². The van der Waals surface area contributed by atoms with Crippen molar-refractivity contribution in [1.29, 1.82) is 0 Å². The smallest absolute Gasteiger partial charge is 0.278 e. The SMILES string of the molecule is Cc1cc(Cl)c(-c2c(O)c(C)nn(C)c2=O)c(Br)c1.[Na]. The fourth-order valence-electron chi connectivity index (χ4n) is 1.93. The van der Waals surface area contributed by atoms with Crippen molar-refractivity contribution in [3.63, 3.8) is 0 Å². The molecule has 20 heavy (non-hydrogen) atoms. The second-order valence-corrected chi connectivity index (χ2v) is 5.60. The van der Waals surface area contributed by atoms with Crippen LogP contribution >= 0.6 is 27.5 Å². The summed E-state index contributed by atoms with van der Waals surface area (Å²) in [6, 6.07) is 3.59. The Bertz CT molecular complexity index is 708. The number of aromatic nitrogens is 2. The maximum Gasteiger partial charge on any atom is 0.278 e. The van der Waals surface area contributed by atoms with E-state index in [2.05, 4.69) is 21.0 Å². The molecule has 0 aliphatic rings. The van der Waals surface area contributed by atoms with Gasteiger partial charge in [0.15, 0.2) is 5.75 Å². The Hall–Kier alpha value is -0.330. The van der Waals surface area contributed by atoms with Gasteiger partial charge in [0.25, 0.3) is 5.56 Å². The average molecular weight is 367 g/mol. The minimum absolute atomic E-state index is 0. The van der Waals surface area contributed by atoms with Gasteiger partial charge in [-0.15, -0.1) is 0 Å².